The van der Waals surface area contributed by atoms with Crippen LogP contribution in [-0.2, 0) is 4.79 Å². The Morgan fingerprint density at radius 2 is 1.67 bits per heavy atom. The van der Waals surface area contributed by atoms with Crippen LogP contribution in [0.5, 0.6) is 0 Å². The minimum atomic E-state index is 0.146. The predicted molar refractivity (Wildman–Crippen MR) is 49.8 cm³/mol. The number of likely N-dealkylation sites (tertiary alicyclic amines) is 1. The number of rotatable bonds is 1. The van der Waals surface area contributed by atoms with E-state index in [1.54, 1.807) is 0 Å². The van der Waals surface area contributed by atoms with Gasteiger partial charge in [-0.15, -0.1) is 0 Å². The maximum absolute atomic E-state index is 11.7. The third-order valence-corrected chi connectivity index (χ3v) is 2.70. The summed E-state index contributed by atoms with van der Waals surface area (Å²) >= 11 is 0. The summed E-state index contributed by atoms with van der Waals surface area (Å²) in [4.78, 5) is 13.7. The van der Waals surface area contributed by atoms with E-state index in [4.69, 9.17) is 0 Å². The van der Waals surface area contributed by atoms with E-state index in [0.717, 1.165) is 0 Å². The molecule has 12 heavy (non-hydrogen) atoms. The average molecular weight is 169 g/mol. The van der Waals surface area contributed by atoms with E-state index < -0.39 is 0 Å². The van der Waals surface area contributed by atoms with Crippen LogP contribution in [0, 0.1) is 5.92 Å². The lowest BCUT2D eigenvalue weighted by Crippen LogP contribution is -2.40. The van der Waals surface area contributed by atoms with Crippen molar-refractivity contribution in [1.82, 2.24) is 4.90 Å². The highest BCUT2D eigenvalue weighted by Crippen LogP contribution is 2.24. The molecule has 70 valence electrons. The topological polar surface area (TPSA) is 20.3 Å². The van der Waals surface area contributed by atoms with Gasteiger partial charge in [-0.25, -0.2) is 0 Å². The monoisotopic (exact) mass is 169 g/mol. The van der Waals surface area contributed by atoms with Crippen LogP contribution < -0.4 is 0 Å². The zero-order valence-electron chi connectivity index (χ0n) is 8.50. The molecule has 1 rings (SSSR count). The lowest BCUT2D eigenvalue weighted by Gasteiger charge is -2.28. The first-order valence-corrected chi connectivity index (χ1v) is 4.86. The second kappa shape index (κ2) is 3.46. The van der Waals surface area contributed by atoms with Gasteiger partial charge < -0.3 is 4.90 Å². The summed E-state index contributed by atoms with van der Waals surface area (Å²) < 4.78 is 0. The lowest BCUT2D eigenvalue weighted by atomic mass is 10.1. The SMILES string of the molecule is CC(C)C(=O)N1[C@H](C)CC[C@@H]1C. The van der Waals surface area contributed by atoms with Crippen LogP contribution in [-0.4, -0.2) is 22.9 Å². The molecular weight excluding hydrogens is 150 g/mol. The van der Waals surface area contributed by atoms with Gasteiger partial charge in [0.25, 0.3) is 0 Å². The molecular formula is C10H19NO. The Morgan fingerprint density at radius 3 is 2.00 bits per heavy atom. The molecule has 2 atom stereocenters. The Kier molecular flexibility index (Phi) is 2.76. The van der Waals surface area contributed by atoms with Crippen LogP contribution in [0.25, 0.3) is 0 Å². The Morgan fingerprint density at radius 1 is 1.25 bits per heavy atom. The molecule has 1 heterocycles. The smallest absolute Gasteiger partial charge is 0.225 e. The molecule has 0 radical (unpaired) electrons. The van der Waals surface area contributed by atoms with Gasteiger partial charge in [0.1, 0.15) is 0 Å². The van der Waals surface area contributed by atoms with E-state index in [0.29, 0.717) is 18.0 Å². The number of hydrogen-bond donors (Lipinski definition) is 0. The summed E-state index contributed by atoms with van der Waals surface area (Å²) in [6, 6.07) is 0.907. The van der Waals surface area contributed by atoms with Gasteiger partial charge >= 0.3 is 0 Å². The predicted octanol–water partition coefficient (Wildman–Crippen LogP) is 2.04. The maximum Gasteiger partial charge on any atom is 0.225 e. The van der Waals surface area contributed by atoms with E-state index in [9.17, 15) is 4.79 Å². The molecule has 1 fully saturated rings. The zero-order valence-corrected chi connectivity index (χ0v) is 8.50. The van der Waals surface area contributed by atoms with E-state index in [1.165, 1.54) is 12.8 Å². The van der Waals surface area contributed by atoms with Crippen LogP contribution in [0.1, 0.15) is 40.5 Å². The largest absolute Gasteiger partial charge is 0.337 e. The van der Waals surface area contributed by atoms with E-state index >= 15 is 0 Å². The Hall–Kier alpha value is -0.530. The van der Waals surface area contributed by atoms with Gasteiger partial charge in [0.2, 0.25) is 5.91 Å². The van der Waals surface area contributed by atoms with Crippen molar-refractivity contribution in [2.75, 3.05) is 0 Å². The molecule has 0 unspecified atom stereocenters. The van der Waals surface area contributed by atoms with Crippen molar-refractivity contribution in [1.29, 1.82) is 0 Å². The first-order valence-electron chi connectivity index (χ1n) is 4.86. The van der Waals surface area contributed by atoms with Crippen LogP contribution in [0.2, 0.25) is 0 Å². The fourth-order valence-corrected chi connectivity index (χ4v) is 1.93. The number of hydrogen-bond acceptors (Lipinski definition) is 1. The number of nitrogens with zero attached hydrogens (tertiary/aromatic N) is 1. The summed E-state index contributed by atoms with van der Waals surface area (Å²) in [7, 11) is 0. The van der Waals surface area contributed by atoms with Gasteiger partial charge in [-0.3, -0.25) is 4.79 Å². The van der Waals surface area contributed by atoms with Gasteiger partial charge in [-0.05, 0) is 26.7 Å². The Balaban J connectivity index is 2.66. The molecule has 1 amide bonds. The minimum absolute atomic E-state index is 0.146. The third kappa shape index (κ3) is 1.62. The molecule has 0 aromatic rings. The first-order chi connectivity index (χ1) is 5.54. The second-order valence-electron chi connectivity index (χ2n) is 4.18. The molecule has 1 saturated heterocycles. The lowest BCUT2D eigenvalue weighted by molar-refractivity contribution is -0.136. The van der Waals surface area contributed by atoms with Gasteiger partial charge in [-0.1, -0.05) is 13.8 Å². The summed E-state index contributed by atoms with van der Waals surface area (Å²) in [5.41, 5.74) is 0. The summed E-state index contributed by atoms with van der Waals surface area (Å²) in [5, 5.41) is 0. The molecule has 1 aliphatic heterocycles. The molecule has 2 heteroatoms. The van der Waals surface area contributed by atoms with Crippen molar-refractivity contribution in [2.45, 2.75) is 52.6 Å². The zero-order chi connectivity index (χ0) is 9.30. The molecule has 0 spiro atoms. The van der Waals surface area contributed by atoms with Crippen LogP contribution in [0.15, 0.2) is 0 Å². The molecule has 0 saturated carbocycles. The van der Waals surface area contributed by atoms with Crippen molar-refractivity contribution in [2.24, 2.45) is 5.92 Å². The fraction of sp³-hybridized carbons (Fsp3) is 0.900. The highest BCUT2D eigenvalue weighted by atomic mass is 16.2. The fourth-order valence-electron chi connectivity index (χ4n) is 1.93. The van der Waals surface area contributed by atoms with Crippen LogP contribution >= 0.6 is 0 Å². The van der Waals surface area contributed by atoms with Crippen LogP contribution in [0.3, 0.4) is 0 Å². The number of carbonyl (C=O) groups is 1. The molecule has 0 N–H and O–H groups in total. The van der Waals surface area contributed by atoms with E-state index in [2.05, 4.69) is 13.8 Å². The van der Waals surface area contributed by atoms with E-state index in [1.807, 2.05) is 18.7 Å². The highest BCUT2D eigenvalue weighted by molar-refractivity contribution is 5.79. The summed E-state index contributed by atoms with van der Waals surface area (Å²) in [6.45, 7) is 8.23. The molecule has 1 aliphatic rings. The highest BCUT2D eigenvalue weighted by Gasteiger charge is 2.32. The Labute approximate surface area is 74.9 Å². The molecule has 0 aromatic heterocycles. The Bertz CT molecular complexity index is 167. The summed E-state index contributed by atoms with van der Waals surface area (Å²) in [5.74, 6) is 0.459. The second-order valence-corrected chi connectivity index (χ2v) is 4.18. The molecule has 2 nitrogen and oxygen atoms in total. The van der Waals surface area contributed by atoms with Gasteiger partial charge in [0, 0.05) is 18.0 Å². The average Bonchev–Trinajstić information content (AvgIpc) is 2.30. The summed E-state index contributed by atoms with van der Waals surface area (Å²) in [6.07, 6.45) is 2.33. The van der Waals surface area contributed by atoms with Crippen molar-refractivity contribution in [3.8, 4) is 0 Å². The van der Waals surface area contributed by atoms with Crippen molar-refractivity contribution in [3.63, 3.8) is 0 Å². The maximum atomic E-state index is 11.7. The standard InChI is InChI=1S/C10H19NO/c1-7(2)10(12)11-8(3)5-6-9(11)4/h7-9H,5-6H2,1-4H3/t8-,9+. The van der Waals surface area contributed by atoms with Gasteiger partial charge in [-0.2, -0.15) is 0 Å². The quantitative estimate of drug-likeness (QED) is 0.588. The minimum Gasteiger partial charge on any atom is -0.337 e. The molecule has 0 bridgehead atoms. The number of carbonyl (C=O) groups excluding carboxylic acids is 1. The van der Waals surface area contributed by atoms with Gasteiger partial charge in [0.15, 0.2) is 0 Å². The molecule has 0 aromatic carbocycles. The van der Waals surface area contributed by atoms with Crippen LogP contribution in [0.4, 0.5) is 0 Å². The normalized spacial score (nSPS) is 29.9. The number of amides is 1. The first kappa shape index (κ1) is 9.56. The van der Waals surface area contributed by atoms with Crippen molar-refractivity contribution < 1.29 is 4.79 Å². The van der Waals surface area contributed by atoms with Gasteiger partial charge in [0.05, 0.1) is 0 Å². The van der Waals surface area contributed by atoms with E-state index in [-0.39, 0.29) is 5.92 Å². The van der Waals surface area contributed by atoms with Crippen molar-refractivity contribution in [3.05, 3.63) is 0 Å². The molecule has 0 aliphatic carbocycles. The van der Waals surface area contributed by atoms with Crippen molar-refractivity contribution >= 4 is 5.91 Å². The third-order valence-electron chi connectivity index (χ3n) is 2.70.